The average Bonchev–Trinajstić information content (AvgIpc) is 2.29. The van der Waals surface area contributed by atoms with Crippen LogP contribution in [0.1, 0.15) is 25.0 Å². The lowest BCUT2D eigenvalue weighted by molar-refractivity contribution is -0.124. The second kappa shape index (κ2) is 5.14. The highest BCUT2D eigenvalue weighted by Gasteiger charge is 2.26. The Morgan fingerprint density at radius 1 is 1.47 bits per heavy atom. The smallest absolute Gasteiger partial charge is 0.234 e. The van der Waals surface area contributed by atoms with Crippen LogP contribution in [-0.4, -0.2) is 28.4 Å². The van der Waals surface area contributed by atoms with Gasteiger partial charge in [-0.1, -0.05) is 12.5 Å². The molecule has 17 heavy (non-hydrogen) atoms. The number of rotatable bonds is 3. The fourth-order valence-corrected chi connectivity index (χ4v) is 2.30. The van der Waals surface area contributed by atoms with Gasteiger partial charge in [0.1, 0.15) is 5.82 Å². The van der Waals surface area contributed by atoms with Crippen LogP contribution in [0.2, 0.25) is 0 Å². The fraction of sp³-hybridized carbons (Fsp3) is 0.500. The maximum atomic E-state index is 11.4. The van der Waals surface area contributed by atoms with E-state index in [0.717, 1.165) is 31.5 Å². The summed E-state index contributed by atoms with van der Waals surface area (Å²) >= 11 is 0. The molecule has 0 spiro atoms. The molecule has 2 rings (SSSR count). The predicted molar refractivity (Wildman–Crippen MR) is 65.9 cm³/mol. The summed E-state index contributed by atoms with van der Waals surface area (Å²) in [4.78, 5) is 17.7. The van der Waals surface area contributed by atoms with Crippen molar-refractivity contribution in [3.63, 3.8) is 0 Å². The van der Waals surface area contributed by atoms with Gasteiger partial charge in [-0.2, -0.15) is 0 Å². The van der Waals surface area contributed by atoms with Gasteiger partial charge in [-0.15, -0.1) is 0 Å². The molecule has 0 aliphatic carbocycles. The Kier molecular flexibility index (Phi) is 3.58. The largest absolute Gasteiger partial charge is 0.384 e. The number of carbonyl (C=O) groups is 1. The van der Waals surface area contributed by atoms with Crippen LogP contribution < -0.4 is 11.5 Å². The summed E-state index contributed by atoms with van der Waals surface area (Å²) in [6.07, 6.45) is 3.01. The molecule has 1 unspecified atom stereocenters. The van der Waals surface area contributed by atoms with Gasteiger partial charge >= 0.3 is 0 Å². The van der Waals surface area contributed by atoms with Gasteiger partial charge < -0.3 is 11.5 Å². The Bertz CT molecular complexity index is 407. The van der Waals surface area contributed by atoms with Crippen LogP contribution in [0.15, 0.2) is 18.2 Å². The molecule has 5 nitrogen and oxygen atoms in total. The van der Waals surface area contributed by atoms with Crippen LogP contribution in [0, 0.1) is 0 Å². The molecule has 0 bridgehead atoms. The van der Waals surface area contributed by atoms with Crippen molar-refractivity contribution in [3.05, 3.63) is 23.9 Å². The third kappa shape index (κ3) is 2.94. The highest BCUT2D eigenvalue weighted by atomic mass is 16.1. The maximum Gasteiger partial charge on any atom is 0.234 e. The highest BCUT2D eigenvalue weighted by molar-refractivity contribution is 5.79. The fourth-order valence-electron chi connectivity index (χ4n) is 2.30. The first-order valence-electron chi connectivity index (χ1n) is 5.91. The minimum absolute atomic E-state index is 0.160. The average molecular weight is 234 g/mol. The number of primary amides is 1. The van der Waals surface area contributed by atoms with Crippen molar-refractivity contribution in [2.24, 2.45) is 5.73 Å². The van der Waals surface area contributed by atoms with Gasteiger partial charge in [-0.05, 0) is 31.5 Å². The van der Waals surface area contributed by atoms with Crippen molar-refractivity contribution >= 4 is 11.7 Å². The number of nitrogens with zero attached hydrogens (tertiary/aromatic N) is 2. The van der Waals surface area contributed by atoms with E-state index in [1.54, 1.807) is 6.07 Å². The summed E-state index contributed by atoms with van der Waals surface area (Å²) in [5, 5.41) is 0. The first-order valence-corrected chi connectivity index (χ1v) is 5.91. The maximum absolute atomic E-state index is 11.4. The monoisotopic (exact) mass is 234 g/mol. The van der Waals surface area contributed by atoms with E-state index in [9.17, 15) is 4.79 Å². The third-order valence-corrected chi connectivity index (χ3v) is 3.14. The minimum atomic E-state index is -0.242. The Morgan fingerprint density at radius 2 is 2.29 bits per heavy atom. The van der Waals surface area contributed by atoms with Gasteiger partial charge in [0.2, 0.25) is 5.91 Å². The van der Waals surface area contributed by atoms with Gasteiger partial charge in [0.05, 0.1) is 11.7 Å². The Hall–Kier alpha value is -1.62. The number of hydrogen-bond donors (Lipinski definition) is 2. The van der Waals surface area contributed by atoms with E-state index >= 15 is 0 Å². The standard InChI is InChI=1S/C12H18N4O/c13-11-6-3-4-9(15-11)8-16-7-2-1-5-10(16)12(14)17/h3-4,6,10H,1-2,5,7-8H2,(H2,13,15)(H2,14,17). The summed E-state index contributed by atoms with van der Waals surface area (Å²) in [6, 6.07) is 5.39. The topological polar surface area (TPSA) is 85.2 Å². The molecule has 5 heteroatoms. The van der Waals surface area contributed by atoms with Gasteiger partial charge in [-0.25, -0.2) is 4.98 Å². The summed E-state index contributed by atoms with van der Waals surface area (Å²) < 4.78 is 0. The quantitative estimate of drug-likeness (QED) is 0.797. The van der Waals surface area contributed by atoms with Gasteiger partial charge in [0.15, 0.2) is 0 Å². The van der Waals surface area contributed by atoms with Crippen LogP contribution >= 0.6 is 0 Å². The molecule has 1 aromatic rings. The van der Waals surface area contributed by atoms with Crippen LogP contribution in [0.5, 0.6) is 0 Å². The van der Waals surface area contributed by atoms with Crippen molar-refractivity contribution in [2.45, 2.75) is 31.8 Å². The zero-order valence-corrected chi connectivity index (χ0v) is 9.80. The first-order chi connectivity index (χ1) is 8.16. The van der Waals surface area contributed by atoms with E-state index in [2.05, 4.69) is 9.88 Å². The normalized spacial score (nSPS) is 21.3. The van der Waals surface area contributed by atoms with Gasteiger partial charge in [-0.3, -0.25) is 9.69 Å². The van der Waals surface area contributed by atoms with Gasteiger partial charge in [0.25, 0.3) is 0 Å². The summed E-state index contributed by atoms with van der Waals surface area (Å²) in [6.45, 7) is 1.53. The number of nitrogens with two attached hydrogens (primary N) is 2. The minimum Gasteiger partial charge on any atom is -0.384 e. The molecule has 92 valence electrons. The number of hydrogen-bond acceptors (Lipinski definition) is 4. The number of pyridine rings is 1. The second-order valence-electron chi connectivity index (χ2n) is 4.44. The first kappa shape index (κ1) is 11.9. The number of anilines is 1. The molecule has 2 heterocycles. The highest BCUT2D eigenvalue weighted by Crippen LogP contribution is 2.19. The Morgan fingerprint density at radius 3 is 3.00 bits per heavy atom. The molecular formula is C12H18N4O. The van der Waals surface area contributed by atoms with E-state index in [-0.39, 0.29) is 11.9 Å². The van der Waals surface area contributed by atoms with Crippen molar-refractivity contribution < 1.29 is 4.79 Å². The lowest BCUT2D eigenvalue weighted by Crippen LogP contribution is -2.47. The van der Waals surface area contributed by atoms with E-state index in [4.69, 9.17) is 11.5 Å². The zero-order chi connectivity index (χ0) is 12.3. The number of piperidine rings is 1. The molecule has 1 saturated heterocycles. The zero-order valence-electron chi connectivity index (χ0n) is 9.80. The third-order valence-electron chi connectivity index (χ3n) is 3.14. The number of amides is 1. The lowest BCUT2D eigenvalue weighted by Gasteiger charge is -2.33. The molecule has 0 radical (unpaired) electrons. The number of carbonyl (C=O) groups excluding carboxylic acids is 1. The summed E-state index contributed by atoms with van der Waals surface area (Å²) in [5.41, 5.74) is 11.9. The van der Waals surface area contributed by atoms with Crippen molar-refractivity contribution in [1.82, 2.24) is 9.88 Å². The van der Waals surface area contributed by atoms with E-state index < -0.39 is 0 Å². The van der Waals surface area contributed by atoms with Crippen LogP contribution in [-0.2, 0) is 11.3 Å². The molecule has 1 aliphatic rings. The molecule has 4 N–H and O–H groups in total. The Balaban J connectivity index is 2.08. The lowest BCUT2D eigenvalue weighted by atomic mass is 10.0. The molecule has 1 aromatic heterocycles. The molecular weight excluding hydrogens is 216 g/mol. The second-order valence-corrected chi connectivity index (χ2v) is 4.44. The van der Waals surface area contributed by atoms with Gasteiger partial charge in [0, 0.05) is 6.54 Å². The molecule has 0 saturated carbocycles. The van der Waals surface area contributed by atoms with Crippen molar-refractivity contribution in [1.29, 1.82) is 0 Å². The molecule has 1 aliphatic heterocycles. The SMILES string of the molecule is NC(=O)C1CCCCN1Cc1cccc(N)n1. The molecule has 1 amide bonds. The van der Waals surface area contributed by atoms with E-state index in [1.165, 1.54) is 0 Å². The number of nitrogen functional groups attached to an aromatic ring is 1. The van der Waals surface area contributed by atoms with Crippen LogP contribution in [0.3, 0.4) is 0 Å². The van der Waals surface area contributed by atoms with E-state index in [1.807, 2.05) is 12.1 Å². The number of aromatic nitrogens is 1. The van der Waals surface area contributed by atoms with Crippen molar-refractivity contribution in [3.8, 4) is 0 Å². The summed E-state index contributed by atoms with van der Waals surface area (Å²) in [5.74, 6) is 0.267. The van der Waals surface area contributed by atoms with E-state index in [0.29, 0.717) is 12.4 Å². The molecule has 1 atom stereocenters. The molecule has 1 fully saturated rings. The molecule has 0 aromatic carbocycles. The predicted octanol–water partition coefficient (Wildman–Crippen LogP) is 0.504. The summed E-state index contributed by atoms with van der Waals surface area (Å²) in [7, 11) is 0. The Labute approximate surface area is 101 Å². The van der Waals surface area contributed by atoms with Crippen molar-refractivity contribution in [2.75, 3.05) is 12.3 Å². The van der Waals surface area contributed by atoms with Crippen LogP contribution in [0.4, 0.5) is 5.82 Å². The number of likely N-dealkylation sites (tertiary alicyclic amines) is 1. The van der Waals surface area contributed by atoms with Crippen LogP contribution in [0.25, 0.3) is 0 Å².